The van der Waals surface area contributed by atoms with Crippen LogP contribution in [0.1, 0.15) is 43.6 Å². The van der Waals surface area contributed by atoms with Gasteiger partial charge in [-0.15, -0.1) is 0 Å². The lowest BCUT2D eigenvalue weighted by Crippen LogP contribution is -2.27. The summed E-state index contributed by atoms with van der Waals surface area (Å²) in [6.07, 6.45) is 0. The summed E-state index contributed by atoms with van der Waals surface area (Å²) in [6.45, 7) is 6.95. The average molecular weight is 356 g/mol. The Bertz CT molecular complexity index is 760. The molecule has 0 aliphatic rings. The fourth-order valence-electron chi connectivity index (χ4n) is 2.20. The van der Waals surface area contributed by atoms with E-state index < -0.39 is 11.6 Å². The molecule has 2 rings (SSSR count). The standard InChI is InChI=1S/C21H24O5/c1-15(22)17-10-11-18(25-14-20(23)26-21(2,3)4)19(12-17)24-13-16-8-6-5-7-9-16/h5-12H,13-14H2,1-4H3. The quantitative estimate of drug-likeness (QED) is 0.550. The summed E-state index contributed by atoms with van der Waals surface area (Å²) in [5.74, 6) is 0.248. The SMILES string of the molecule is CC(=O)c1ccc(OCC(=O)OC(C)(C)C)c(OCc2ccccc2)c1. The topological polar surface area (TPSA) is 61.8 Å². The van der Waals surface area contributed by atoms with Gasteiger partial charge in [0, 0.05) is 5.56 Å². The maximum absolute atomic E-state index is 11.9. The lowest BCUT2D eigenvalue weighted by molar-refractivity contribution is -0.157. The Kier molecular flexibility index (Phi) is 6.39. The van der Waals surface area contributed by atoms with Crippen LogP contribution in [0.25, 0.3) is 0 Å². The van der Waals surface area contributed by atoms with Crippen molar-refractivity contribution in [2.45, 2.75) is 39.9 Å². The van der Waals surface area contributed by atoms with E-state index in [9.17, 15) is 9.59 Å². The molecule has 2 aromatic carbocycles. The maximum atomic E-state index is 11.9. The van der Waals surface area contributed by atoms with Crippen molar-refractivity contribution < 1.29 is 23.8 Å². The van der Waals surface area contributed by atoms with E-state index in [0.717, 1.165) is 5.56 Å². The molecule has 0 unspecified atom stereocenters. The third kappa shape index (κ3) is 6.24. The highest BCUT2D eigenvalue weighted by atomic mass is 16.6. The van der Waals surface area contributed by atoms with Crippen LogP contribution >= 0.6 is 0 Å². The van der Waals surface area contributed by atoms with Crippen LogP contribution in [0.2, 0.25) is 0 Å². The minimum atomic E-state index is -0.578. The van der Waals surface area contributed by atoms with Crippen molar-refractivity contribution in [3.8, 4) is 11.5 Å². The van der Waals surface area contributed by atoms with Crippen LogP contribution in [0.15, 0.2) is 48.5 Å². The Labute approximate surface area is 153 Å². The van der Waals surface area contributed by atoms with Gasteiger partial charge in [-0.2, -0.15) is 0 Å². The molecule has 26 heavy (non-hydrogen) atoms. The Hall–Kier alpha value is -2.82. The zero-order valence-corrected chi connectivity index (χ0v) is 15.6. The van der Waals surface area contributed by atoms with Gasteiger partial charge < -0.3 is 14.2 Å². The summed E-state index contributed by atoms with van der Waals surface area (Å²) in [7, 11) is 0. The predicted molar refractivity (Wildman–Crippen MR) is 98.6 cm³/mol. The summed E-state index contributed by atoms with van der Waals surface area (Å²) < 4.78 is 16.6. The van der Waals surface area contributed by atoms with Gasteiger partial charge in [-0.3, -0.25) is 4.79 Å². The number of carbonyl (C=O) groups is 2. The summed E-state index contributed by atoms with van der Waals surface area (Å²) in [5, 5.41) is 0. The molecule has 2 aromatic rings. The number of hydrogen-bond donors (Lipinski definition) is 0. The third-order valence-corrected chi connectivity index (χ3v) is 3.35. The van der Waals surface area contributed by atoms with E-state index in [1.807, 2.05) is 30.3 Å². The van der Waals surface area contributed by atoms with E-state index in [0.29, 0.717) is 23.7 Å². The van der Waals surface area contributed by atoms with Crippen LogP contribution in [-0.2, 0) is 16.1 Å². The van der Waals surface area contributed by atoms with Gasteiger partial charge in [-0.1, -0.05) is 30.3 Å². The number of ketones is 1. The Balaban J connectivity index is 2.11. The molecule has 5 nitrogen and oxygen atoms in total. The maximum Gasteiger partial charge on any atom is 0.344 e. The number of Topliss-reactive ketones (excluding diaryl/α,β-unsaturated/α-hetero) is 1. The van der Waals surface area contributed by atoms with Gasteiger partial charge in [0.05, 0.1) is 0 Å². The van der Waals surface area contributed by atoms with Gasteiger partial charge in [0.25, 0.3) is 0 Å². The molecule has 0 amide bonds. The highest BCUT2D eigenvalue weighted by molar-refractivity contribution is 5.94. The Morgan fingerprint density at radius 1 is 0.923 bits per heavy atom. The highest BCUT2D eigenvalue weighted by Crippen LogP contribution is 2.29. The molecule has 0 saturated carbocycles. The van der Waals surface area contributed by atoms with Gasteiger partial charge in [0.2, 0.25) is 0 Å². The van der Waals surface area contributed by atoms with E-state index >= 15 is 0 Å². The van der Waals surface area contributed by atoms with Gasteiger partial charge in [-0.25, -0.2) is 4.79 Å². The fourth-order valence-corrected chi connectivity index (χ4v) is 2.20. The first kappa shape index (κ1) is 19.5. The summed E-state index contributed by atoms with van der Waals surface area (Å²) in [5.41, 5.74) is 0.919. The number of esters is 1. The number of ether oxygens (including phenoxy) is 3. The van der Waals surface area contributed by atoms with Gasteiger partial charge in [0.1, 0.15) is 12.2 Å². The Morgan fingerprint density at radius 2 is 1.62 bits per heavy atom. The van der Waals surface area contributed by atoms with Gasteiger partial charge >= 0.3 is 5.97 Å². The van der Waals surface area contributed by atoms with Crippen molar-refractivity contribution in [3.05, 3.63) is 59.7 Å². The Morgan fingerprint density at radius 3 is 2.23 bits per heavy atom. The number of rotatable bonds is 7. The van der Waals surface area contributed by atoms with Crippen molar-refractivity contribution in [2.24, 2.45) is 0 Å². The molecule has 5 heteroatoms. The molecule has 0 aliphatic heterocycles. The molecular formula is C21H24O5. The smallest absolute Gasteiger partial charge is 0.344 e. The van der Waals surface area contributed by atoms with Crippen molar-refractivity contribution in [2.75, 3.05) is 6.61 Å². The summed E-state index contributed by atoms with van der Waals surface area (Å²) in [6, 6.07) is 14.5. The molecule has 0 atom stereocenters. The molecule has 0 spiro atoms. The van der Waals surface area contributed by atoms with Crippen LogP contribution < -0.4 is 9.47 Å². The molecule has 0 saturated heterocycles. The predicted octanol–water partition coefficient (Wildman–Crippen LogP) is 4.19. The van der Waals surface area contributed by atoms with Crippen molar-refractivity contribution >= 4 is 11.8 Å². The van der Waals surface area contributed by atoms with Crippen molar-refractivity contribution in [3.63, 3.8) is 0 Å². The van der Waals surface area contributed by atoms with E-state index in [4.69, 9.17) is 14.2 Å². The second-order valence-electron chi connectivity index (χ2n) is 6.87. The monoisotopic (exact) mass is 356 g/mol. The summed E-state index contributed by atoms with van der Waals surface area (Å²) >= 11 is 0. The number of carbonyl (C=O) groups excluding carboxylic acids is 2. The van der Waals surface area contributed by atoms with Crippen molar-refractivity contribution in [1.29, 1.82) is 0 Å². The normalized spacial score (nSPS) is 10.9. The van der Waals surface area contributed by atoms with Crippen LogP contribution in [0.4, 0.5) is 0 Å². The molecule has 0 N–H and O–H groups in total. The second kappa shape index (κ2) is 8.52. The van der Waals surface area contributed by atoms with E-state index in [-0.39, 0.29) is 12.4 Å². The van der Waals surface area contributed by atoms with Crippen LogP contribution in [0, 0.1) is 0 Å². The van der Waals surface area contributed by atoms with Gasteiger partial charge in [0.15, 0.2) is 23.9 Å². The molecule has 138 valence electrons. The van der Waals surface area contributed by atoms with Crippen molar-refractivity contribution in [1.82, 2.24) is 0 Å². The lowest BCUT2D eigenvalue weighted by atomic mass is 10.1. The largest absolute Gasteiger partial charge is 0.485 e. The molecule has 0 aromatic heterocycles. The van der Waals surface area contributed by atoms with Gasteiger partial charge in [-0.05, 0) is 51.5 Å². The fraction of sp³-hybridized carbons (Fsp3) is 0.333. The van der Waals surface area contributed by atoms with E-state index in [2.05, 4.69) is 0 Å². The minimum absolute atomic E-state index is 0.0757. The minimum Gasteiger partial charge on any atom is -0.485 e. The van der Waals surface area contributed by atoms with Crippen LogP contribution in [0.3, 0.4) is 0 Å². The van der Waals surface area contributed by atoms with Crippen LogP contribution in [0.5, 0.6) is 11.5 Å². The molecule has 0 aliphatic carbocycles. The number of hydrogen-bond acceptors (Lipinski definition) is 5. The molecule has 0 bridgehead atoms. The second-order valence-corrected chi connectivity index (χ2v) is 6.87. The molecule has 0 fully saturated rings. The molecular weight excluding hydrogens is 332 g/mol. The first-order valence-electron chi connectivity index (χ1n) is 8.41. The highest BCUT2D eigenvalue weighted by Gasteiger charge is 2.18. The van der Waals surface area contributed by atoms with Crippen LogP contribution in [-0.4, -0.2) is 24.0 Å². The first-order chi connectivity index (χ1) is 12.2. The average Bonchev–Trinajstić information content (AvgIpc) is 2.57. The zero-order valence-electron chi connectivity index (χ0n) is 15.6. The molecule has 0 heterocycles. The number of benzene rings is 2. The molecule has 0 radical (unpaired) electrons. The third-order valence-electron chi connectivity index (χ3n) is 3.35. The summed E-state index contributed by atoms with van der Waals surface area (Å²) in [4.78, 5) is 23.5. The first-order valence-corrected chi connectivity index (χ1v) is 8.41. The lowest BCUT2D eigenvalue weighted by Gasteiger charge is -2.20. The zero-order chi connectivity index (χ0) is 19.2. The van der Waals surface area contributed by atoms with E-state index in [1.54, 1.807) is 39.0 Å². The van der Waals surface area contributed by atoms with E-state index in [1.165, 1.54) is 6.92 Å².